The minimum absolute atomic E-state index is 0.0344. The number of aryl methyl sites for hydroxylation is 1. The molecule has 1 amide bonds. The van der Waals surface area contributed by atoms with Crippen LogP contribution < -0.4 is 11.1 Å². The average molecular weight is 550 g/mol. The number of nitrogens with one attached hydrogen (secondary N) is 1. The van der Waals surface area contributed by atoms with Crippen molar-refractivity contribution >= 4 is 21.6 Å². The molecule has 0 aromatic heterocycles. The zero-order chi connectivity index (χ0) is 28.6. The zero-order valence-electron chi connectivity index (χ0n) is 22.9. The molecule has 7 nitrogen and oxygen atoms in total. The second kappa shape index (κ2) is 13.6. The first kappa shape index (κ1) is 30.1. The molecule has 3 rings (SSSR count). The van der Waals surface area contributed by atoms with Crippen LogP contribution in [0.25, 0.3) is 5.70 Å². The van der Waals surface area contributed by atoms with Gasteiger partial charge in [0.15, 0.2) is 0 Å². The van der Waals surface area contributed by atoms with Gasteiger partial charge in [0.1, 0.15) is 0 Å². The normalized spacial score (nSPS) is 13.3. The van der Waals surface area contributed by atoms with E-state index in [-0.39, 0.29) is 36.2 Å². The van der Waals surface area contributed by atoms with Crippen molar-refractivity contribution < 1.29 is 18.3 Å². The lowest BCUT2D eigenvalue weighted by atomic mass is 10.00. The molecule has 2 atom stereocenters. The highest BCUT2D eigenvalue weighted by Crippen LogP contribution is 2.20. The molecule has 0 radical (unpaired) electrons. The Kier molecular flexibility index (Phi) is 10.5. The van der Waals surface area contributed by atoms with E-state index in [1.165, 1.54) is 4.31 Å². The number of hydrogen-bond acceptors (Lipinski definition) is 5. The minimum Gasteiger partial charge on any atom is -0.399 e. The number of hydrogen-bond donors (Lipinski definition) is 3. The van der Waals surface area contributed by atoms with Crippen LogP contribution in [0.15, 0.2) is 90.3 Å². The highest BCUT2D eigenvalue weighted by Gasteiger charge is 2.31. The molecule has 3 aromatic rings. The lowest BCUT2D eigenvalue weighted by molar-refractivity contribution is -0.122. The zero-order valence-corrected chi connectivity index (χ0v) is 23.7. The van der Waals surface area contributed by atoms with Crippen molar-refractivity contribution in [2.24, 2.45) is 11.7 Å². The molecule has 3 aromatic carbocycles. The first-order chi connectivity index (χ1) is 18.5. The maximum Gasteiger partial charge on any atom is 0.243 e. The molecule has 4 N–H and O–H groups in total. The summed E-state index contributed by atoms with van der Waals surface area (Å²) in [5.41, 5.74) is 9.63. The summed E-state index contributed by atoms with van der Waals surface area (Å²) in [6.45, 7) is 9.55. The first-order valence-electron chi connectivity index (χ1n) is 13.1. The fourth-order valence-corrected chi connectivity index (χ4v) is 5.93. The molecular formula is C31H39N3O4S. The van der Waals surface area contributed by atoms with Gasteiger partial charge in [-0.25, -0.2) is 8.42 Å². The van der Waals surface area contributed by atoms with E-state index in [4.69, 9.17) is 5.73 Å². The summed E-state index contributed by atoms with van der Waals surface area (Å²) < 4.78 is 28.4. The number of sulfonamides is 1. The Morgan fingerprint density at radius 1 is 0.949 bits per heavy atom. The summed E-state index contributed by atoms with van der Waals surface area (Å²) in [6, 6.07) is 22.7. The molecule has 0 aliphatic heterocycles. The third-order valence-corrected chi connectivity index (χ3v) is 8.26. The van der Waals surface area contributed by atoms with E-state index in [2.05, 4.69) is 11.9 Å². The third-order valence-electron chi connectivity index (χ3n) is 6.42. The topological polar surface area (TPSA) is 113 Å². The van der Waals surface area contributed by atoms with Crippen molar-refractivity contribution in [2.45, 2.75) is 50.7 Å². The molecule has 0 saturated heterocycles. The fraction of sp³-hybridized carbons (Fsp3) is 0.323. The average Bonchev–Trinajstić information content (AvgIpc) is 2.88. The maximum atomic E-state index is 13.5. The number of amides is 1. The van der Waals surface area contributed by atoms with Crippen LogP contribution in [0.4, 0.5) is 0 Å². The molecule has 8 heteroatoms. The molecule has 0 aliphatic rings. The largest absolute Gasteiger partial charge is 0.399 e. The smallest absolute Gasteiger partial charge is 0.243 e. The van der Waals surface area contributed by atoms with Crippen LogP contribution in [-0.2, 0) is 27.7 Å². The van der Waals surface area contributed by atoms with Crippen molar-refractivity contribution in [1.82, 2.24) is 9.62 Å². The van der Waals surface area contributed by atoms with Crippen LogP contribution in [0, 0.1) is 12.8 Å². The predicted octanol–water partition coefficient (Wildman–Crippen LogP) is 3.90. The van der Waals surface area contributed by atoms with Crippen LogP contribution in [-0.4, -0.2) is 49.0 Å². The van der Waals surface area contributed by atoms with Gasteiger partial charge >= 0.3 is 0 Å². The predicted molar refractivity (Wildman–Crippen MR) is 156 cm³/mol. The molecule has 0 bridgehead atoms. The number of aliphatic hydroxyl groups excluding tert-OH is 1. The van der Waals surface area contributed by atoms with Gasteiger partial charge < -0.3 is 16.2 Å². The van der Waals surface area contributed by atoms with E-state index in [9.17, 15) is 18.3 Å². The SMILES string of the molecule is C=C(N)c1ccc(CC(=O)N[C@@H](Cc2ccccc2)[C@H](O)CN(CC(C)C)S(=O)(=O)c2ccc(C)cc2)cc1. The van der Waals surface area contributed by atoms with Crippen molar-refractivity contribution in [3.8, 4) is 0 Å². The van der Waals surface area contributed by atoms with Gasteiger partial charge in [-0.1, -0.05) is 92.7 Å². The van der Waals surface area contributed by atoms with Gasteiger partial charge in [0, 0.05) is 18.8 Å². The molecule has 0 spiro atoms. The lowest BCUT2D eigenvalue weighted by Crippen LogP contribution is -2.51. The van der Waals surface area contributed by atoms with Gasteiger partial charge in [0.2, 0.25) is 15.9 Å². The highest BCUT2D eigenvalue weighted by molar-refractivity contribution is 7.89. The quantitative estimate of drug-likeness (QED) is 0.299. The van der Waals surface area contributed by atoms with Crippen molar-refractivity contribution in [2.75, 3.05) is 13.1 Å². The molecule has 39 heavy (non-hydrogen) atoms. The van der Waals surface area contributed by atoms with Crippen LogP contribution in [0.5, 0.6) is 0 Å². The summed E-state index contributed by atoms with van der Waals surface area (Å²) in [5.74, 6) is -0.238. The molecule has 0 aliphatic carbocycles. The van der Waals surface area contributed by atoms with Gasteiger partial charge in [0.25, 0.3) is 0 Å². The number of nitrogens with two attached hydrogens (primary N) is 1. The van der Waals surface area contributed by atoms with Gasteiger partial charge in [-0.3, -0.25) is 4.79 Å². The van der Waals surface area contributed by atoms with Crippen LogP contribution in [0.1, 0.15) is 36.1 Å². The molecular weight excluding hydrogens is 510 g/mol. The van der Waals surface area contributed by atoms with Crippen molar-refractivity contribution in [1.29, 1.82) is 0 Å². The maximum absolute atomic E-state index is 13.5. The van der Waals surface area contributed by atoms with E-state index < -0.39 is 22.2 Å². The first-order valence-corrected chi connectivity index (χ1v) is 14.5. The fourth-order valence-electron chi connectivity index (χ4n) is 4.30. The Morgan fingerprint density at radius 2 is 1.56 bits per heavy atom. The van der Waals surface area contributed by atoms with E-state index >= 15 is 0 Å². The molecule has 208 valence electrons. The monoisotopic (exact) mass is 549 g/mol. The van der Waals surface area contributed by atoms with Crippen molar-refractivity contribution in [3.05, 3.63) is 108 Å². The van der Waals surface area contributed by atoms with E-state index in [0.29, 0.717) is 12.1 Å². The van der Waals surface area contributed by atoms with Crippen LogP contribution >= 0.6 is 0 Å². The van der Waals surface area contributed by atoms with Gasteiger partial charge in [-0.05, 0) is 48.1 Å². The van der Waals surface area contributed by atoms with Crippen LogP contribution in [0.3, 0.4) is 0 Å². The Bertz CT molecular complexity index is 1340. The van der Waals surface area contributed by atoms with E-state index in [1.807, 2.05) is 63.2 Å². The lowest BCUT2D eigenvalue weighted by Gasteiger charge is -2.31. The number of carbonyl (C=O) groups excluding carboxylic acids is 1. The van der Waals surface area contributed by atoms with Crippen molar-refractivity contribution in [3.63, 3.8) is 0 Å². The molecule has 0 heterocycles. The van der Waals surface area contributed by atoms with Crippen LogP contribution in [0.2, 0.25) is 0 Å². The molecule has 0 unspecified atom stereocenters. The van der Waals surface area contributed by atoms with Gasteiger partial charge in [0.05, 0.1) is 23.5 Å². The standard InChI is InChI=1S/C31H39N3O4S/c1-22(2)20-34(39(37,38)28-16-10-23(3)11-17-28)21-30(35)29(18-25-8-6-5-7-9-25)33-31(36)19-26-12-14-27(15-13-26)24(4)32/h5-17,22,29-30,35H,4,18-21,32H2,1-3H3,(H,33,36)/t29-,30+/m0/s1. The summed E-state index contributed by atoms with van der Waals surface area (Å²) in [4.78, 5) is 13.2. The molecule has 0 fully saturated rings. The Labute approximate surface area is 232 Å². The Morgan fingerprint density at radius 3 is 2.13 bits per heavy atom. The number of aliphatic hydroxyl groups is 1. The van der Waals surface area contributed by atoms with Gasteiger partial charge in [-0.15, -0.1) is 0 Å². The highest BCUT2D eigenvalue weighted by atomic mass is 32.2. The minimum atomic E-state index is -3.86. The van der Waals surface area contributed by atoms with E-state index in [1.54, 1.807) is 36.4 Å². The van der Waals surface area contributed by atoms with Gasteiger partial charge in [-0.2, -0.15) is 4.31 Å². The number of nitrogens with zero attached hydrogens (tertiary/aromatic N) is 1. The van der Waals surface area contributed by atoms with E-state index in [0.717, 1.165) is 22.3 Å². The summed E-state index contributed by atoms with van der Waals surface area (Å²) in [5, 5.41) is 14.3. The Balaban J connectivity index is 1.82. The Hall–Kier alpha value is -3.46. The number of rotatable bonds is 13. The molecule has 0 saturated carbocycles. The second-order valence-corrected chi connectivity index (χ2v) is 12.3. The number of carbonyl (C=O) groups is 1. The number of benzene rings is 3. The second-order valence-electron chi connectivity index (χ2n) is 10.4. The third kappa shape index (κ3) is 8.78. The summed E-state index contributed by atoms with van der Waals surface area (Å²) in [6.07, 6.45) is -0.692. The summed E-state index contributed by atoms with van der Waals surface area (Å²) >= 11 is 0. The summed E-state index contributed by atoms with van der Waals surface area (Å²) in [7, 11) is -3.86.